The van der Waals surface area contributed by atoms with Crippen molar-refractivity contribution < 1.29 is 27.1 Å². The van der Waals surface area contributed by atoms with Crippen LogP contribution in [0.1, 0.15) is 65.1 Å². The van der Waals surface area contributed by atoms with Crippen LogP contribution < -0.4 is 5.32 Å². The Morgan fingerprint density at radius 1 is 1.03 bits per heavy atom. The lowest BCUT2D eigenvalue weighted by Gasteiger charge is -2.36. The predicted molar refractivity (Wildman–Crippen MR) is 111 cm³/mol. The molecule has 0 radical (unpaired) electrons. The number of hydrogen-bond donors (Lipinski definition) is 1. The number of amides is 1. The molecule has 0 aromatic heterocycles. The molecule has 0 aliphatic rings. The normalized spacial score (nSPS) is 14.4. The zero-order valence-electron chi connectivity index (χ0n) is 18.7. The van der Waals surface area contributed by atoms with Crippen molar-refractivity contribution in [3.63, 3.8) is 0 Å². The quantitative estimate of drug-likeness (QED) is 0.509. The van der Waals surface area contributed by atoms with E-state index in [1.807, 2.05) is 0 Å². The van der Waals surface area contributed by atoms with Gasteiger partial charge in [-0.3, -0.25) is 0 Å². The number of benzene rings is 1. The highest BCUT2D eigenvalue weighted by molar-refractivity contribution is 6.74. The molecular formula is C21H34F3NO3Si. The van der Waals surface area contributed by atoms with Gasteiger partial charge < -0.3 is 14.5 Å². The van der Waals surface area contributed by atoms with Crippen molar-refractivity contribution in [2.24, 2.45) is 0 Å². The Hall–Kier alpha value is -1.54. The summed E-state index contributed by atoms with van der Waals surface area (Å²) in [5.41, 5.74) is -0.829. The lowest BCUT2D eigenvalue weighted by atomic mass is 10.0. The topological polar surface area (TPSA) is 47.6 Å². The molecule has 1 aromatic rings. The fourth-order valence-corrected chi connectivity index (χ4v) is 3.39. The predicted octanol–water partition coefficient (Wildman–Crippen LogP) is 6.68. The molecular weight excluding hydrogens is 399 g/mol. The second-order valence-electron chi connectivity index (χ2n) is 9.72. The van der Waals surface area contributed by atoms with Crippen LogP contribution in [0.25, 0.3) is 0 Å². The summed E-state index contributed by atoms with van der Waals surface area (Å²) in [5, 5.41) is 2.80. The number of alkyl carbamates (subject to hydrolysis) is 1. The zero-order chi connectivity index (χ0) is 22.7. The highest BCUT2D eigenvalue weighted by Crippen LogP contribution is 2.37. The van der Waals surface area contributed by atoms with Crippen molar-refractivity contribution in [2.75, 3.05) is 6.61 Å². The van der Waals surface area contributed by atoms with Crippen LogP contribution in [0.5, 0.6) is 0 Å². The van der Waals surface area contributed by atoms with Crippen molar-refractivity contribution in [2.45, 2.75) is 83.9 Å². The van der Waals surface area contributed by atoms with E-state index >= 15 is 0 Å². The summed E-state index contributed by atoms with van der Waals surface area (Å²) >= 11 is 0. The van der Waals surface area contributed by atoms with Gasteiger partial charge in [0.25, 0.3) is 0 Å². The molecule has 0 aliphatic heterocycles. The Kier molecular flexibility index (Phi) is 7.98. The molecule has 1 amide bonds. The first-order chi connectivity index (χ1) is 12.9. The zero-order valence-corrected chi connectivity index (χ0v) is 19.7. The van der Waals surface area contributed by atoms with Crippen molar-refractivity contribution >= 4 is 14.4 Å². The number of nitrogens with one attached hydrogen (secondary N) is 1. The van der Waals surface area contributed by atoms with Gasteiger partial charge in [0.2, 0.25) is 0 Å². The van der Waals surface area contributed by atoms with E-state index in [1.165, 1.54) is 12.1 Å². The molecule has 1 aromatic carbocycles. The van der Waals surface area contributed by atoms with E-state index in [2.05, 4.69) is 39.2 Å². The maximum absolute atomic E-state index is 12.9. The Morgan fingerprint density at radius 2 is 1.55 bits per heavy atom. The molecule has 166 valence electrons. The highest BCUT2D eigenvalue weighted by atomic mass is 28.4. The molecule has 1 atom stereocenters. The smallest absolute Gasteiger partial charge is 0.416 e. The maximum atomic E-state index is 12.9. The fraction of sp³-hybridized carbons (Fsp3) is 0.667. The van der Waals surface area contributed by atoms with E-state index in [-0.39, 0.29) is 5.04 Å². The second kappa shape index (κ2) is 9.08. The van der Waals surface area contributed by atoms with Gasteiger partial charge in [0.05, 0.1) is 11.6 Å². The SMILES string of the molecule is CC(C)(C)OC(=O)N[C@H](CCO[Si](C)(C)C(C)(C)C)c1ccc(C(F)(F)F)cc1. The van der Waals surface area contributed by atoms with Crippen LogP contribution in [-0.2, 0) is 15.3 Å². The molecule has 1 rings (SSSR count). The summed E-state index contributed by atoms with van der Waals surface area (Å²) < 4.78 is 50.1. The van der Waals surface area contributed by atoms with E-state index < -0.39 is 37.8 Å². The van der Waals surface area contributed by atoms with Crippen molar-refractivity contribution in [3.05, 3.63) is 35.4 Å². The lowest BCUT2D eigenvalue weighted by Crippen LogP contribution is -2.41. The Balaban J connectivity index is 2.96. The molecule has 0 unspecified atom stereocenters. The lowest BCUT2D eigenvalue weighted by molar-refractivity contribution is -0.137. The average molecular weight is 434 g/mol. The summed E-state index contributed by atoms with van der Waals surface area (Å²) in [5.74, 6) is 0. The number of halogens is 3. The molecule has 0 bridgehead atoms. The standard InChI is InChI=1S/C21H34F3NO3Si/c1-19(2,3)28-18(26)25-17(13-14-27-29(7,8)20(4,5)6)15-9-11-16(12-10-15)21(22,23)24/h9-12,17H,13-14H2,1-8H3,(H,25,26)/t17-/m1/s1. The molecule has 0 fully saturated rings. The number of rotatable bonds is 6. The third kappa shape index (κ3) is 8.38. The van der Waals surface area contributed by atoms with Crippen molar-refractivity contribution in [1.82, 2.24) is 5.32 Å². The van der Waals surface area contributed by atoms with E-state index in [0.717, 1.165) is 12.1 Å². The first kappa shape index (κ1) is 25.5. The summed E-state index contributed by atoms with van der Waals surface area (Å²) in [6.45, 7) is 16.3. The van der Waals surface area contributed by atoms with Gasteiger partial charge in [0.1, 0.15) is 5.60 Å². The van der Waals surface area contributed by atoms with Gasteiger partial charge in [0, 0.05) is 6.61 Å². The van der Waals surface area contributed by atoms with Gasteiger partial charge in [-0.05, 0) is 63.0 Å². The van der Waals surface area contributed by atoms with Crippen molar-refractivity contribution in [3.8, 4) is 0 Å². The van der Waals surface area contributed by atoms with Gasteiger partial charge in [-0.2, -0.15) is 13.2 Å². The molecule has 0 saturated heterocycles. The van der Waals surface area contributed by atoms with Crippen LogP contribution in [-0.4, -0.2) is 26.6 Å². The van der Waals surface area contributed by atoms with Gasteiger partial charge in [-0.25, -0.2) is 4.79 Å². The summed E-state index contributed by atoms with van der Waals surface area (Å²) in [4.78, 5) is 12.2. The average Bonchev–Trinajstić information content (AvgIpc) is 2.50. The Bertz CT molecular complexity index is 674. The van der Waals surface area contributed by atoms with Gasteiger partial charge in [-0.1, -0.05) is 32.9 Å². The first-order valence-electron chi connectivity index (χ1n) is 9.73. The number of alkyl halides is 3. The summed E-state index contributed by atoms with van der Waals surface area (Å²) in [6.07, 6.45) is -4.59. The van der Waals surface area contributed by atoms with Crippen LogP contribution in [0.3, 0.4) is 0 Å². The van der Waals surface area contributed by atoms with Crippen LogP contribution in [0.15, 0.2) is 24.3 Å². The third-order valence-corrected chi connectivity index (χ3v) is 9.55. The minimum Gasteiger partial charge on any atom is -0.444 e. The molecule has 4 nitrogen and oxygen atoms in total. The molecule has 0 spiro atoms. The maximum Gasteiger partial charge on any atom is 0.416 e. The largest absolute Gasteiger partial charge is 0.444 e. The summed E-state index contributed by atoms with van der Waals surface area (Å²) in [7, 11) is -1.98. The molecule has 0 heterocycles. The number of ether oxygens (including phenoxy) is 1. The Morgan fingerprint density at radius 3 is 1.97 bits per heavy atom. The molecule has 0 saturated carbocycles. The minimum absolute atomic E-state index is 0.0372. The molecule has 1 N–H and O–H groups in total. The number of carbonyl (C=O) groups is 1. The van der Waals surface area contributed by atoms with Crippen LogP contribution >= 0.6 is 0 Å². The van der Waals surface area contributed by atoms with E-state index in [0.29, 0.717) is 18.6 Å². The van der Waals surface area contributed by atoms with Gasteiger partial charge in [0.15, 0.2) is 8.32 Å². The van der Waals surface area contributed by atoms with Gasteiger partial charge >= 0.3 is 12.3 Å². The summed E-state index contributed by atoms with van der Waals surface area (Å²) in [6, 6.07) is 4.30. The second-order valence-corrected chi connectivity index (χ2v) is 14.5. The molecule has 29 heavy (non-hydrogen) atoms. The van der Waals surface area contributed by atoms with Crippen molar-refractivity contribution in [1.29, 1.82) is 0 Å². The first-order valence-corrected chi connectivity index (χ1v) is 12.6. The van der Waals surface area contributed by atoms with E-state index in [9.17, 15) is 18.0 Å². The molecule has 0 aliphatic carbocycles. The monoisotopic (exact) mass is 433 g/mol. The third-order valence-electron chi connectivity index (χ3n) is 5.01. The highest BCUT2D eigenvalue weighted by Gasteiger charge is 2.37. The Labute approximate surface area is 173 Å². The number of hydrogen-bond acceptors (Lipinski definition) is 3. The fourth-order valence-electron chi connectivity index (χ4n) is 2.32. The van der Waals surface area contributed by atoms with Crippen LogP contribution in [0, 0.1) is 0 Å². The van der Waals surface area contributed by atoms with Crippen LogP contribution in [0.4, 0.5) is 18.0 Å². The molecule has 8 heteroatoms. The van der Waals surface area contributed by atoms with E-state index in [4.69, 9.17) is 9.16 Å². The van der Waals surface area contributed by atoms with Gasteiger partial charge in [-0.15, -0.1) is 0 Å². The van der Waals surface area contributed by atoms with Crippen LogP contribution in [0.2, 0.25) is 18.1 Å². The number of carbonyl (C=O) groups excluding carboxylic acids is 1. The minimum atomic E-state index is -4.40. The van der Waals surface area contributed by atoms with E-state index in [1.54, 1.807) is 20.8 Å².